The minimum Gasteiger partial charge on any atom is -0.478 e. The maximum absolute atomic E-state index is 12.3. The van der Waals surface area contributed by atoms with Crippen molar-refractivity contribution < 1.29 is 14.7 Å². The summed E-state index contributed by atoms with van der Waals surface area (Å²) in [6.07, 6.45) is 4.28. The number of aryl methyl sites for hydroxylation is 3. The lowest BCUT2D eigenvalue weighted by Gasteiger charge is -2.04. The van der Waals surface area contributed by atoms with Crippen LogP contribution in [0.15, 0.2) is 6.20 Å². The van der Waals surface area contributed by atoms with Crippen molar-refractivity contribution in [2.24, 2.45) is 7.05 Å². The quantitative estimate of drug-likeness (QED) is 0.910. The fraction of sp³-hybridized carbons (Fsp3) is 0.357. The standard InChI is InChI=1S/C14H15N3O3S/c1-7-9(6-17(2)16-7)12(18)15-13-11(14(19)20)8-4-3-5-10(8)21-13/h6H,3-5H2,1-2H3,(H,15,18)(H,19,20). The molecule has 0 spiro atoms. The van der Waals surface area contributed by atoms with E-state index in [-0.39, 0.29) is 11.5 Å². The highest BCUT2D eigenvalue weighted by atomic mass is 32.1. The van der Waals surface area contributed by atoms with Crippen LogP contribution in [0.4, 0.5) is 5.00 Å². The summed E-state index contributed by atoms with van der Waals surface area (Å²) in [5.41, 5.74) is 2.21. The molecule has 6 nitrogen and oxygen atoms in total. The minimum atomic E-state index is -0.979. The van der Waals surface area contributed by atoms with Crippen LogP contribution in [-0.4, -0.2) is 26.8 Å². The molecule has 3 rings (SSSR count). The van der Waals surface area contributed by atoms with Crippen molar-refractivity contribution in [2.75, 3.05) is 5.32 Å². The van der Waals surface area contributed by atoms with Gasteiger partial charge in [0.15, 0.2) is 0 Å². The summed E-state index contributed by atoms with van der Waals surface area (Å²) in [4.78, 5) is 24.8. The number of carbonyl (C=O) groups is 2. The molecule has 0 aliphatic heterocycles. The predicted molar refractivity (Wildman–Crippen MR) is 79.2 cm³/mol. The lowest BCUT2D eigenvalue weighted by molar-refractivity contribution is 0.0697. The van der Waals surface area contributed by atoms with Crippen molar-refractivity contribution in [2.45, 2.75) is 26.2 Å². The number of fused-ring (bicyclic) bond motifs is 1. The van der Waals surface area contributed by atoms with Crippen LogP contribution in [-0.2, 0) is 19.9 Å². The van der Waals surface area contributed by atoms with Gasteiger partial charge in [-0.3, -0.25) is 9.48 Å². The van der Waals surface area contributed by atoms with Crippen LogP contribution >= 0.6 is 11.3 Å². The van der Waals surface area contributed by atoms with E-state index in [1.54, 1.807) is 24.9 Å². The third kappa shape index (κ3) is 2.33. The van der Waals surface area contributed by atoms with Crippen molar-refractivity contribution >= 4 is 28.2 Å². The highest BCUT2D eigenvalue weighted by Crippen LogP contribution is 2.39. The van der Waals surface area contributed by atoms with E-state index in [1.807, 2.05) is 0 Å². The predicted octanol–water partition coefficient (Wildman–Crippen LogP) is 2.23. The number of carbonyl (C=O) groups excluding carboxylic acids is 1. The van der Waals surface area contributed by atoms with E-state index in [0.29, 0.717) is 16.3 Å². The molecule has 2 heterocycles. The van der Waals surface area contributed by atoms with E-state index < -0.39 is 5.97 Å². The molecular formula is C14H15N3O3S. The Morgan fingerprint density at radius 2 is 2.19 bits per heavy atom. The van der Waals surface area contributed by atoms with Gasteiger partial charge in [0.25, 0.3) is 5.91 Å². The smallest absolute Gasteiger partial charge is 0.339 e. The molecule has 21 heavy (non-hydrogen) atoms. The minimum absolute atomic E-state index is 0.252. The highest BCUT2D eigenvalue weighted by molar-refractivity contribution is 7.17. The molecule has 1 aliphatic carbocycles. The molecule has 2 aromatic heterocycles. The Kier molecular flexibility index (Phi) is 3.29. The molecule has 110 valence electrons. The molecule has 0 bridgehead atoms. The van der Waals surface area contributed by atoms with E-state index in [1.165, 1.54) is 11.3 Å². The summed E-state index contributed by atoms with van der Waals surface area (Å²) in [7, 11) is 1.74. The number of nitrogens with one attached hydrogen (secondary N) is 1. The monoisotopic (exact) mass is 305 g/mol. The lowest BCUT2D eigenvalue weighted by atomic mass is 10.1. The molecule has 0 fully saturated rings. The van der Waals surface area contributed by atoms with Crippen LogP contribution in [0.25, 0.3) is 0 Å². The number of aromatic nitrogens is 2. The molecule has 0 saturated carbocycles. The van der Waals surface area contributed by atoms with Gasteiger partial charge >= 0.3 is 5.97 Å². The first-order valence-corrected chi connectivity index (χ1v) is 7.48. The lowest BCUT2D eigenvalue weighted by Crippen LogP contribution is -2.14. The topological polar surface area (TPSA) is 84.2 Å². The fourth-order valence-electron chi connectivity index (χ4n) is 2.71. The Bertz CT molecular complexity index is 745. The van der Waals surface area contributed by atoms with Gasteiger partial charge in [-0.2, -0.15) is 5.10 Å². The molecule has 1 amide bonds. The third-order valence-electron chi connectivity index (χ3n) is 3.62. The average molecular weight is 305 g/mol. The summed E-state index contributed by atoms with van der Waals surface area (Å²) >= 11 is 1.37. The van der Waals surface area contributed by atoms with Crippen LogP contribution in [0.3, 0.4) is 0 Å². The van der Waals surface area contributed by atoms with Gasteiger partial charge in [-0.1, -0.05) is 0 Å². The SMILES string of the molecule is Cc1nn(C)cc1C(=O)Nc1sc2c(c1C(=O)O)CCC2. The Morgan fingerprint density at radius 3 is 2.81 bits per heavy atom. The van der Waals surface area contributed by atoms with Gasteiger partial charge in [-0.05, 0) is 31.7 Å². The van der Waals surface area contributed by atoms with E-state index >= 15 is 0 Å². The molecule has 2 N–H and O–H groups in total. The molecule has 7 heteroatoms. The first-order chi connectivity index (χ1) is 9.97. The zero-order valence-electron chi connectivity index (χ0n) is 11.8. The number of rotatable bonds is 3. The van der Waals surface area contributed by atoms with Crippen molar-refractivity contribution in [3.63, 3.8) is 0 Å². The second kappa shape index (κ2) is 5.00. The van der Waals surface area contributed by atoms with Crippen LogP contribution in [0.1, 0.15) is 43.3 Å². The summed E-state index contributed by atoms with van der Waals surface area (Å²) in [5.74, 6) is -1.30. The van der Waals surface area contributed by atoms with Crippen molar-refractivity contribution in [1.82, 2.24) is 9.78 Å². The van der Waals surface area contributed by atoms with Crippen LogP contribution in [0.5, 0.6) is 0 Å². The Morgan fingerprint density at radius 1 is 1.43 bits per heavy atom. The van der Waals surface area contributed by atoms with Gasteiger partial charge in [0.1, 0.15) is 5.00 Å². The zero-order valence-corrected chi connectivity index (χ0v) is 12.6. The van der Waals surface area contributed by atoms with Crippen LogP contribution < -0.4 is 5.32 Å². The molecule has 1 aliphatic rings. The van der Waals surface area contributed by atoms with Gasteiger partial charge in [0, 0.05) is 18.1 Å². The number of aromatic carboxylic acids is 1. The van der Waals surface area contributed by atoms with Crippen molar-refractivity contribution in [3.05, 3.63) is 33.5 Å². The zero-order chi connectivity index (χ0) is 15.1. The summed E-state index contributed by atoms with van der Waals surface area (Å²) in [6, 6.07) is 0. The summed E-state index contributed by atoms with van der Waals surface area (Å²) in [6.45, 7) is 1.75. The molecule has 0 aromatic carbocycles. The van der Waals surface area contributed by atoms with Crippen LogP contribution in [0.2, 0.25) is 0 Å². The molecule has 0 atom stereocenters. The van der Waals surface area contributed by atoms with Crippen molar-refractivity contribution in [1.29, 1.82) is 0 Å². The Hall–Kier alpha value is -2.15. The number of carboxylic acids is 1. The summed E-state index contributed by atoms with van der Waals surface area (Å²) in [5, 5.41) is 16.7. The van der Waals surface area contributed by atoms with Crippen LogP contribution in [0, 0.1) is 6.92 Å². The van der Waals surface area contributed by atoms with Crippen molar-refractivity contribution in [3.8, 4) is 0 Å². The van der Waals surface area contributed by atoms with Gasteiger partial charge < -0.3 is 10.4 Å². The van der Waals surface area contributed by atoms with Gasteiger partial charge in [0.05, 0.1) is 16.8 Å². The fourth-order valence-corrected chi connectivity index (χ4v) is 3.99. The van der Waals surface area contributed by atoms with E-state index in [4.69, 9.17) is 0 Å². The normalized spacial score (nSPS) is 13.2. The maximum atomic E-state index is 12.3. The Labute approximate surface area is 125 Å². The van der Waals surface area contributed by atoms with E-state index in [0.717, 1.165) is 29.7 Å². The number of anilines is 1. The second-order valence-corrected chi connectivity index (χ2v) is 6.23. The summed E-state index contributed by atoms with van der Waals surface area (Å²) < 4.78 is 1.57. The second-order valence-electron chi connectivity index (χ2n) is 5.12. The molecular weight excluding hydrogens is 290 g/mol. The van der Waals surface area contributed by atoms with E-state index in [9.17, 15) is 14.7 Å². The number of hydrogen-bond donors (Lipinski definition) is 2. The number of thiophene rings is 1. The largest absolute Gasteiger partial charge is 0.478 e. The van der Waals surface area contributed by atoms with Gasteiger partial charge in [-0.25, -0.2) is 4.79 Å². The average Bonchev–Trinajstić information content (AvgIpc) is 3.02. The third-order valence-corrected chi connectivity index (χ3v) is 4.83. The van der Waals surface area contributed by atoms with Gasteiger partial charge in [0.2, 0.25) is 0 Å². The Balaban J connectivity index is 1.94. The number of amides is 1. The molecule has 0 unspecified atom stereocenters. The molecule has 0 saturated heterocycles. The number of hydrogen-bond acceptors (Lipinski definition) is 4. The maximum Gasteiger partial charge on any atom is 0.339 e. The molecule has 2 aromatic rings. The van der Waals surface area contributed by atoms with Gasteiger partial charge in [-0.15, -0.1) is 11.3 Å². The number of carboxylic acid groups (broad SMARTS) is 1. The highest BCUT2D eigenvalue weighted by Gasteiger charge is 2.27. The van der Waals surface area contributed by atoms with E-state index in [2.05, 4.69) is 10.4 Å². The molecule has 0 radical (unpaired) electrons. The first kappa shape index (κ1) is 13.8. The number of nitrogens with zero attached hydrogens (tertiary/aromatic N) is 2. The first-order valence-electron chi connectivity index (χ1n) is 6.66.